The summed E-state index contributed by atoms with van der Waals surface area (Å²) < 4.78 is 0. The molecule has 0 aliphatic carbocycles. The molecule has 1 aromatic heterocycles. The lowest BCUT2D eigenvalue weighted by Gasteiger charge is -2.13. The molecule has 0 unspecified atom stereocenters. The van der Waals surface area contributed by atoms with Gasteiger partial charge in [0, 0.05) is 10.6 Å². The molecule has 0 radical (unpaired) electrons. The molecule has 2 aromatic carbocycles. The first kappa shape index (κ1) is 16.4. The third-order valence-corrected chi connectivity index (χ3v) is 5.04. The lowest BCUT2D eigenvalue weighted by molar-refractivity contribution is -0.115. The number of thioether (sulfide) groups is 1. The van der Waals surface area contributed by atoms with Crippen molar-refractivity contribution in [1.82, 2.24) is 9.97 Å². The molecule has 3 rings (SSSR count). The Morgan fingerprint density at radius 2 is 1.79 bits per heavy atom. The van der Waals surface area contributed by atoms with Gasteiger partial charge in [-0.15, -0.1) is 11.8 Å². The predicted molar refractivity (Wildman–Crippen MR) is 98.8 cm³/mol. The van der Waals surface area contributed by atoms with E-state index in [2.05, 4.69) is 41.3 Å². The summed E-state index contributed by atoms with van der Waals surface area (Å²) in [6.07, 6.45) is 0. The lowest BCUT2D eigenvalue weighted by atomic mass is 10.1. The topological polar surface area (TPSA) is 77.8 Å². The largest absolute Gasteiger partial charge is 0.325 e. The number of carbonyl (C=O) groups excluding carboxylic acids is 1. The number of aromatic nitrogens is 2. The van der Waals surface area contributed by atoms with E-state index in [4.69, 9.17) is 0 Å². The SMILES string of the molecule is Cc1ccc(S[C@H](C)C(=O)Nc2ccc3[nH]c(=O)[nH]c3c2)cc1C. The van der Waals surface area contributed by atoms with Crippen LogP contribution in [0.1, 0.15) is 18.1 Å². The molecule has 1 heterocycles. The van der Waals surface area contributed by atoms with E-state index >= 15 is 0 Å². The number of amides is 1. The fourth-order valence-corrected chi connectivity index (χ4v) is 3.36. The van der Waals surface area contributed by atoms with E-state index in [0.29, 0.717) is 11.2 Å². The van der Waals surface area contributed by atoms with Crippen LogP contribution in [0.25, 0.3) is 11.0 Å². The molecule has 1 atom stereocenters. The fraction of sp³-hybridized carbons (Fsp3) is 0.222. The number of hydrogen-bond acceptors (Lipinski definition) is 3. The summed E-state index contributed by atoms with van der Waals surface area (Å²) in [6, 6.07) is 11.5. The standard InChI is InChI=1S/C18H19N3O2S/c1-10-4-6-14(8-11(10)2)24-12(3)17(22)19-13-5-7-15-16(9-13)21-18(23)20-15/h4-9,12H,1-3H3,(H,19,22)(H2,20,21,23)/t12-/m1/s1. The fourth-order valence-electron chi connectivity index (χ4n) is 2.40. The third kappa shape index (κ3) is 3.54. The number of aromatic amines is 2. The monoisotopic (exact) mass is 341 g/mol. The maximum Gasteiger partial charge on any atom is 0.323 e. The van der Waals surface area contributed by atoms with Crippen molar-refractivity contribution in [2.75, 3.05) is 5.32 Å². The van der Waals surface area contributed by atoms with Crippen LogP contribution in [0.4, 0.5) is 5.69 Å². The van der Waals surface area contributed by atoms with Gasteiger partial charge in [0.25, 0.3) is 0 Å². The van der Waals surface area contributed by atoms with Gasteiger partial charge in [0.1, 0.15) is 0 Å². The molecular weight excluding hydrogens is 322 g/mol. The van der Waals surface area contributed by atoms with Gasteiger partial charge in [0.2, 0.25) is 5.91 Å². The zero-order valence-corrected chi connectivity index (χ0v) is 14.6. The average molecular weight is 341 g/mol. The third-order valence-electron chi connectivity index (χ3n) is 3.94. The normalized spacial score (nSPS) is 12.3. The first-order chi connectivity index (χ1) is 11.4. The Kier molecular flexibility index (Phi) is 4.49. The quantitative estimate of drug-likeness (QED) is 0.635. The Morgan fingerprint density at radius 1 is 1.04 bits per heavy atom. The van der Waals surface area contributed by atoms with Gasteiger partial charge in [0.15, 0.2) is 0 Å². The smallest absolute Gasteiger partial charge is 0.323 e. The molecule has 0 fully saturated rings. The summed E-state index contributed by atoms with van der Waals surface area (Å²) in [6.45, 7) is 6.02. The molecule has 0 spiro atoms. The molecule has 124 valence electrons. The van der Waals surface area contributed by atoms with E-state index < -0.39 is 0 Å². The summed E-state index contributed by atoms with van der Waals surface area (Å²) >= 11 is 1.53. The van der Waals surface area contributed by atoms with Crippen molar-refractivity contribution in [3.63, 3.8) is 0 Å². The van der Waals surface area contributed by atoms with Crippen LogP contribution < -0.4 is 11.0 Å². The van der Waals surface area contributed by atoms with Crippen LogP contribution in [0, 0.1) is 13.8 Å². The van der Waals surface area contributed by atoms with Crippen LogP contribution in [0.5, 0.6) is 0 Å². The van der Waals surface area contributed by atoms with Gasteiger partial charge in [-0.25, -0.2) is 4.79 Å². The average Bonchev–Trinajstić information content (AvgIpc) is 2.90. The second kappa shape index (κ2) is 6.57. The van der Waals surface area contributed by atoms with Crippen LogP contribution in [-0.4, -0.2) is 21.1 Å². The number of anilines is 1. The van der Waals surface area contributed by atoms with Gasteiger partial charge in [-0.1, -0.05) is 6.07 Å². The summed E-state index contributed by atoms with van der Waals surface area (Å²) in [5.41, 5.74) is 4.25. The minimum absolute atomic E-state index is 0.0736. The highest BCUT2D eigenvalue weighted by atomic mass is 32.2. The first-order valence-electron chi connectivity index (χ1n) is 7.69. The van der Waals surface area contributed by atoms with Crippen molar-refractivity contribution in [2.24, 2.45) is 0 Å². The molecule has 3 aromatic rings. The molecule has 0 saturated heterocycles. The van der Waals surface area contributed by atoms with Crippen molar-refractivity contribution in [1.29, 1.82) is 0 Å². The Bertz CT molecular complexity index is 958. The Balaban J connectivity index is 1.70. The molecule has 0 bridgehead atoms. The van der Waals surface area contributed by atoms with E-state index in [9.17, 15) is 9.59 Å². The number of imidazole rings is 1. The van der Waals surface area contributed by atoms with Crippen LogP contribution in [0.3, 0.4) is 0 Å². The Labute approximate surface area is 143 Å². The van der Waals surface area contributed by atoms with Gasteiger partial charge < -0.3 is 15.3 Å². The van der Waals surface area contributed by atoms with Crippen LogP contribution >= 0.6 is 11.8 Å². The minimum atomic E-state index is -0.257. The molecular formula is C18H19N3O2S. The maximum atomic E-state index is 12.4. The van der Waals surface area contributed by atoms with E-state index in [1.165, 1.54) is 22.9 Å². The van der Waals surface area contributed by atoms with Gasteiger partial charge in [-0.05, 0) is 62.2 Å². The number of nitrogens with one attached hydrogen (secondary N) is 3. The van der Waals surface area contributed by atoms with Gasteiger partial charge in [0.05, 0.1) is 16.3 Å². The summed E-state index contributed by atoms with van der Waals surface area (Å²) in [4.78, 5) is 30.1. The molecule has 6 heteroatoms. The van der Waals surface area contributed by atoms with Gasteiger partial charge in [-0.2, -0.15) is 0 Å². The highest BCUT2D eigenvalue weighted by Gasteiger charge is 2.15. The predicted octanol–water partition coefficient (Wildman–Crippen LogP) is 3.59. The van der Waals surface area contributed by atoms with Crippen molar-refractivity contribution < 1.29 is 4.79 Å². The first-order valence-corrected chi connectivity index (χ1v) is 8.57. The van der Waals surface area contributed by atoms with Crippen molar-refractivity contribution in [2.45, 2.75) is 30.9 Å². The molecule has 0 saturated carbocycles. The Hall–Kier alpha value is -2.47. The van der Waals surface area contributed by atoms with Crippen molar-refractivity contribution in [3.8, 4) is 0 Å². The van der Waals surface area contributed by atoms with Crippen LogP contribution in [-0.2, 0) is 4.79 Å². The van der Waals surface area contributed by atoms with E-state index in [-0.39, 0.29) is 16.8 Å². The molecule has 0 aliphatic heterocycles. The zero-order valence-electron chi connectivity index (χ0n) is 13.8. The lowest BCUT2D eigenvalue weighted by Crippen LogP contribution is -2.22. The summed E-state index contributed by atoms with van der Waals surface area (Å²) in [7, 11) is 0. The second-order valence-corrected chi connectivity index (χ2v) is 7.25. The zero-order chi connectivity index (χ0) is 17.3. The number of H-pyrrole nitrogens is 2. The van der Waals surface area contributed by atoms with Crippen molar-refractivity contribution in [3.05, 3.63) is 58.0 Å². The molecule has 0 aliphatic rings. The summed E-state index contributed by atoms with van der Waals surface area (Å²) in [5.74, 6) is -0.0736. The van der Waals surface area contributed by atoms with Gasteiger partial charge >= 0.3 is 5.69 Å². The van der Waals surface area contributed by atoms with Crippen LogP contribution in [0.15, 0.2) is 46.1 Å². The minimum Gasteiger partial charge on any atom is -0.325 e. The maximum absolute atomic E-state index is 12.4. The summed E-state index contributed by atoms with van der Waals surface area (Å²) in [5, 5.41) is 2.66. The Morgan fingerprint density at radius 3 is 2.54 bits per heavy atom. The van der Waals surface area contributed by atoms with Gasteiger partial charge in [-0.3, -0.25) is 4.79 Å². The number of carbonyl (C=O) groups is 1. The van der Waals surface area contributed by atoms with E-state index in [0.717, 1.165) is 10.4 Å². The van der Waals surface area contributed by atoms with E-state index in [1.807, 2.05) is 13.0 Å². The number of hydrogen-bond donors (Lipinski definition) is 3. The molecule has 3 N–H and O–H groups in total. The van der Waals surface area contributed by atoms with Crippen LogP contribution in [0.2, 0.25) is 0 Å². The highest BCUT2D eigenvalue weighted by Crippen LogP contribution is 2.26. The molecule has 1 amide bonds. The molecule has 24 heavy (non-hydrogen) atoms. The number of rotatable bonds is 4. The van der Waals surface area contributed by atoms with E-state index in [1.54, 1.807) is 18.2 Å². The second-order valence-electron chi connectivity index (χ2n) is 5.83. The highest BCUT2D eigenvalue weighted by molar-refractivity contribution is 8.00. The number of aryl methyl sites for hydroxylation is 2. The number of benzene rings is 2. The van der Waals surface area contributed by atoms with Crippen molar-refractivity contribution >= 4 is 34.4 Å². The molecule has 5 nitrogen and oxygen atoms in total. The number of fused-ring (bicyclic) bond motifs is 1.